The number of rotatable bonds is 32. The maximum Gasteiger partial charge on any atom is 0.367 e. The summed E-state index contributed by atoms with van der Waals surface area (Å²) in [7, 11) is 5.95. The molecule has 268 valence electrons. The van der Waals surface area contributed by atoms with Gasteiger partial charge >= 0.3 is 17.8 Å². The summed E-state index contributed by atoms with van der Waals surface area (Å²) < 4.78 is 11.5. The second kappa shape index (κ2) is 32.7. The minimum absolute atomic E-state index is 0. The number of hydrogen-bond donors (Lipinski definition) is 1. The number of nitrogens with zero attached hydrogens (tertiary/aromatic N) is 1. The molecule has 0 aromatic heterocycles. The van der Waals surface area contributed by atoms with Crippen LogP contribution < -0.4 is 17.3 Å². The van der Waals surface area contributed by atoms with Gasteiger partial charge in [-0.25, -0.2) is 4.79 Å². The monoisotopic (exact) mass is 662 g/mol. The molecule has 7 nitrogen and oxygen atoms in total. The molecule has 0 aromatic rings. The normalized spacial score (nSPS) is 11.4. The Kier molecular flexibility index (Phi) is 33.4. The van der Waals surface area contributed by atoms with Crippen LogP contribution >= 0.6 is 0 Å². The molecule has 0 saturated heterocycles. The SMILES string of the molecule is CCCCCCCCCCCCCC(=O)OCC[NH+](CCOC(=O)CCCCCCCCCCCCC)C(=O)C[N+](C)(C)C.[Cl-]. The first kappa shape index (κ1) is 45.9. The molecule has 0 aliphatic rings. The van der Waals surface area contributed by atoms with Crippen molar-refractivity contribution >= 4 is 17.8 Å². The predicted octanol–water partition coefficient (Wildman–Crippen LogP) is 4.60. The van der Waals surface area contributed by atoms with Gasteiger partial charge in [0.15, 0.2) is 6.54 Å². The lowest BCUT2D eigenvalue weighted by Crippen LogP contribution is -3.16. The molecule has 0 bridgehead atoms. The Labute approximate surface area is 284 Å². The van der Waals surface area contributed by atoms with Gasteiger partial charge in [-0.1, -0.05) is 142 Å². The van der Waals surface area contributed by atoms with Crippen LogP contribution in [-0.2, 0) is 23.9 Å². The van der Waals surface area contributed by atoms with E-state index >= 15 is 0 Å². The maximum absolute atomic E-state index is 12.9. The van der Waals surface area contributed by atoms with E-state index in [0.29, 0.717) is 41.9 Å². The van der Waals surface area contributed by atoms with Gasteiger partial charge in [0, 0.05) is 12.8 Å². The van der Waals surface area contributed by atoms with Crippen molar-refractivity contribution in [3.05, 3.63) is 0 Å². The van der Waals surface area contributed by atoms with Crippen molar-refractivity contribution in [2.45, 2.75) is 168 Å². The van der Waals surface area contributed by atoms with Gasteiger partial charge in [-0.2, -0.15) is 0 Å². The highest BCUT2D eigenvalue weighted by Gasteiger charge is 2.26. The van der Waals surface area contributed by atoms with E-state index in [2.05, 4.69) is 13.8 Å². The van der Waals surface area contributed by atoms with Crippen LogP contribution in [0.25, 0.3) is 0 Å². The molecule has 0 fully saturated rings. The van der Waals surface area contributed by atoms with Crippen molar-refractivity contribution < 1.29 is 45.6 Å². The van der Waals surface area contributed by atoms with Crippen LogP contribution in [0.1, 0.15) is 168 Å². The molecule has 1 amide bonds. The first-order valence-electron chi connectivity index (χ1n) is 18.7. The average molecular weight is 662 g/mol. The number of carbonyl (C=O) groups excluding carboxylic acids is 3. The predicted molar refractivity (Wildman–Crippen MR) is 183 cm³/mol. The zero-order valence-electron chi connectivity index (χ0n) is 30.4. The van der Waals surface area contributed by atoms with Crippen LogP contribution in [0.4, 0.5) is 0 Å². The van der Waals surface area contributed by atoms with Gasteiger partial charge in [-0.05, 0) is 12.8 Å². The number of unbranched alkanes of at least 4 members (excludes halogenated alkanes) is 20. The van der Waals surface area contributed by atoms with Crippen LogP contribution in [0.15, 0.2) is 0 Å². The van der Waals surface area contributed by atoms with Crippen molar-refractivity contribution in [2.75, 3.05) is 54.0 Å². The van der Waals surface area contributed by atoms with Gasteiger partial charge in [-0.15, -0.1) is 0 Å². The second-order valence-corrected chi connectivity index (χ2v) is 14.0. The quantitative estimate of drug-likeness (QED) is 0.0649. The third-order valence-electron chi connectivity index (χ3n) is 8.31. The molecule has 8 heteroatoms. The second-order valence-electron chi connectivity index (χ2n) is 14.0. The molecule has 0 spiro atoms. The fourth-order valence-corrected chi connectivity index (χ4v) is 5.53. The Bertz CT molecular complexity index is 655. The summed E-state index contributed by atoms with van der Waals surface area (Å²) in [6.45, 7) is 6.10. The van der Waals surface area contributed by atoms with Gasteiger partial charge in [0.05, 0.1) is 21.1 Å². The van der Waals surface area contributed by atoms with E-state index in [-0.39, 0.29) is 43.5 Å². The molecule has 0 radical (unpaired) electrons. The van der Waals surface area contributed by atoms with Crippen LogP contribution in [-0.4, -0.2) is 76.3 Å². The standard InChI is InChI=1S/C37H73N2O5.ClH/c1-6-8-10-12-14-16-18-20-22-24-26-28-36(41)43-32-30-38(35(40)34-39(3,4)5)31-33-44-37(42)29-27-25-23-21-19-17-15-13-11-9-7-2;/h6-34H2,1-5H3;1H/q+1;. The number of halogens is 1. The number of esters is 2. The summed E-state index contributed by atoms with van der Waals surface area (Å²) in [5.41, 5.74) is 0. The third kappa shape index (κ3) is 34.0. The summed E-state index contributed by atoms with van der Waals surface area (Å²) in [6.07, 6.45) is 28.3. The molecular formula is C37H74ClN2O5+. The van der Waals surface area contributed by atoms with E-state index < -0.39 is 0 Å². The van der Waals surface area contributed by atoms with Gasteiger partial charge in [0.2, 0.25) is 0 Å². The fourth-order valence-electron chi connectivity index (χ4n) is 5.53. The van der Waals surface area contributed by atoms with Gasteiger partial charge in [0.25, 0.3) is 0 Å². The Morgan fingerprint density at radius 1 is 0.489 bits per heavy atom. The van der Waals surface area contributed by atoms with Crippen LogP contribution in [0.5, 0.6) is 0 Å². The smallest absolute Gasteiger partial charge is 0.367 e. The van der Waals surface area contributed by atoms with Crippen molar-refractivity contribution in [3.8, 4) is 0 Å². The van der Waals surface area contributed by atoms with Gasteiger partial charge < -0.3 is 26.4 Å². The molecule has 45 heavy (non-hydrogen) atoms. The minimum atomic E-state index is -0.183. The molecule has 0 saturated carbocycles. The molecular weight excluding hydrogens is 588 g/mol. The van der Waals surface area contributed by atoms with E-state index in [9.17, 15) is 14.4 Å². The first-order chi connectivity index (χ1) is 21.2. The average Bonchev–Trinajstić information content (AvgIpc) is 2.97. The lowest BCUT2D eigenvalue weighted by Gasteiger charge is -2.25. The fraction of sp³-hybridized carbons (Fsp3) is 0.919. The molecule has 0 unspecified atom stereocenters. The zero-order valence-corrected chi connectivity index (χ0v) is 31.1. The highest BCUT2D eigenvalue weighted by molar-refractivity contribution is 5.70. The number of carbonyl (C=O) groups is 3. The summed E-state index contributed by atoms with van der Waals surface area (Å²) in [6, 6.07) is 0. The largest absolute Gasteiger partial charge is 1.00 e. The Morgan fingerprint density at radius 3 is 1.07 bits per heavy atom. The van der Waals surface area contributed by atoms with Crippen molar-refractivity contribution in [2.24, 2.45) is 0 Å². The van der Waals surface area contributed by atoms with Crippen molar-refractivity contribution in [3.63, 3.8) is 0 Å². The molecule has 0 aliphatic carbocycles. The maximum atomic E-state index is 12.9. The Hall–Kier alpha value is -1.18. The topological polar surface area (TPSA) is 74.1 Å². The van der Waals surface area contributed by atoms with Gasteiger partial charge in [-0.3, -0.25) is 14.5 Å². The number of nitrogens with one attached hydrogen (secondary N) is 1. The molecule has 0 aromatic carbocycles. The minimum Gasteiger partial charge on any atom is -1.00 e. The van der Waals surface area contributed by atoms with E-state index in [1.54, 1.807) is 0 Å². The number of hydrogen-bond acceptors (Lipinski definition) is 5. The first-order valence-corrected chi connectivity index (χ1v) is 18.7. The van der Waals surface area contributed by atoms with Crippen molar-refractivity contribution in [1.29, 1.82) is 0 Å². The molecule has 1 N–H and O–H groups in total. The van der Waals surface area contributed by atoms with E-state index in [0.717, 1.165) is 25.7 Å². The number of quaternary nitrogens is 2. The number of amides is 1. The molecule has 0 rings (SSSR count). The van der Waals surface area contributed by atoms with Crippen LogP contribution in [0.2, 0.25) is 0 Å². The molecule has 0 aliphatic heterocycles. The Balaban J connectivity index is 0. The summed E-state index contributed by atoms with van der Waals surface area (Å²) in [5.74, 6) is -0.309. The number of likely N-dealkylation sites (N-methyl/N-ethyl adjacent to an activating group) is 1. The summed E-state index contributed by atoms with van der Waals surface area (Å²) >= 11 is 0. The lowest BCUT2D eigenvalue weighted by molar-refractivity contribution is -0.887. The van der Waals surface area contributed by atoms with Crippen molar-refractivity contribution in [1.82, 2.24) is 0 Å². The van der Waals surface area contributed by atoms with E-state index in [1.165, 1.54) is 116 Å². The van der Waals surface area contributed by atoms with Crippen LogP contribution in [0.3, 0.4) is 0 Å². The van der Waals surface area contributed by atoms with E-state index in [1.807, 2.05) is 21.1 Å². The number of ether oxygens (including phenoxy) is 2. The van der Waals surface area contributed by atoms with Crippen LogP contribution in [0, 0.1) is 0 Å². The highest BCUT2D eigenvalue weighted by Crippen LogP contribution is 2.13. The summed E-state index contributed by atoms with van der Waals surface area (Å²) in [4.78, 5) is 38.1. The Morgan fingerprint density at radius 2 is 0.778 bits per heavy atom. The zero-order chi connectivity index (χ0) is 32.7. The van der Waals surface area contributed by atoms with Gasteiger partial charge in [0.1, 0.15) is 26.3 Å². The lowest BCUT2D eigenvalue weighted by atomic mass is 10.1. The summed E-state index contributed by atoms with van der Waals surface area (Å²) in [5, 5.41) is 0. The highest BCUT2D eigenvalue weighted by atomic mass is 35.5. The third-order valence-corrected chi connectivity index (χ3v) is 8.31. The molecule has 0 atom stereocenters. The van der Waals surface area contributed by atoms with E-state index in [4.69, 9.17) is 9.47 Å². The molecule has 0 heterocycles.